The fraction of sp³-hybridized carbons (Fsp3) is 0.100. The molecule has 0 atom stereocenters. The van der Waals surface area contributed by atoms with Gasteiger partial charge in [0.25, 0.3) is 0 Å². The van der Waals surface area contributed by atoms with E-state index in [4.69, 9.17) is 10.5 Å². The Morgan fingerprint density at radius 2 is 2.14 bits per heavy atom. The highest BCUT2D eigenvalue weighted by molar-refractivity contribution is 9.10. The molecule has 0 radical (unpaired) electrons. The van der Waals surface area contributed by atoms with Gasteiger partial charge in [0, 0.05) is 5.39 Å². The van der Waals surface area contributed by atoms with Gasteiger partial charge in [0.1, 0.15) is 16.2 Å². The number of benzene rings is 1. The number of ether oxygens (including phenoxy) is 1. The Morgan fingerprint density at radius 3 is 2.86 bits per heavy atom. The van der Waals surface area contributed by atoms with Gasteiger partial charge in [0.15, 0.2) is 0 Å². The summed E-state index contributed by atoms with van der Waals surface area (Å²) in [6.07, 6.45) is 0. The molecular weight excluding hydrogens is 244 g/mol. The molecular formula is C10H9BrN2O. The number of nitrogen functional groups attached to an aromatic ring is 1. The van der Waals surface area contributed by atoms with Crippen molar-refractivity contribution in [3.8, 4) is 5.75 Å². The summed E-state index contributed by atoms with van der Waals surface area (Å²) in [6, 6.07) is 7.59. The maximum Gasteiger partial charge on any atom is 0.125 e. The quantitative estimate of drug-likeness (QED) is 0.794. The third-order valence-corrected chi connectivity index (χ3v) is 2.62. The molecule has 0 unspecified atom stereocenters. The lowest BCUT2D eigenvalue weighted by Gasteiger charge is -2.04. The molecule has 0 fully saturated rings. The maximum absolute atomic E-state index is 5.63. The fourth-order valence-electron chi connectivity index (χ4n) is 1.34. The predicted octanol–water partition coefficient (Wildman–Crippen LogP) is 2.59. The molecule has 1 aromatic carbocycles. The van der Waals surface area contributed by atoms with Gasteiger partial charge in [-0.2, -0.15) is 0 Å². The molecule has 0 bridgehead atoms. The summed E-state index contributed by atoms with van der Waals surface area (Å²) >= 11 is 3.36. The first-order valence-corrected chi connectivity index (χ1v) is 4.90. The molecule has 1 heterocycles. The molecule has 3 nitrogen and oxygen atoms in total. The Labute approximate surface area is 90.0 Å². The van der Waals surface area contributed by atoms with Crippen LogP contribution in [-0.2, 0) is 0 Å². The molecule has 2 rings (SSSR count). The van der Waals surface area contributed by atoms with Crippen molar-refractivity contribution < 1.29 is 4.74 Å². The lowest BCUT2D eigenvalue weighted by atomic mass is 10.1. The second kappa shape index (κ2) is 3.46. The third-order valence-electron chi connectivity index (χ3n) is 2.01. The molecule has 1 aromatic heterocycles. The first kappa shape index (κ1) is 9.27. The van der Waals surface area contributed by atoms with Gasteiger partial charge in [-0.05, 0) is 45.6 Å². The molecule has 0 saturated carbocycles. The lowest BCUT2D eigenvalue weighted by Crippen LogP contribution is -1.91. The molecule has 0 aliphatic heterocycles. The smallest absolute Gasteiger partial charge is 0.125 e. The van der Waals surface area contributed by atoms with Gasteiger partial charge in [0.05, 0.1) is 7.11 Å². The minimum Gasteiger partial charge on any atom is -0.497 e. The van der Waals surface area contributed by atoms with Crippen LogP contribution in [0.4, 0.5) is 5.82 Å². The average Bonchev–Trinajstić information content (AvgIpc) is 2.16. The minimum absolute atomic E-state index is 0.498. The SMILES string of the molecule is COc1ccc2c(Br)nc(N)cc2c1. The standard InChI is InChI=1S/C10H9BrN2O/c1-14-7-2-3-8-6(4-7)5-9(12)13-10(8)11/h2-5H,1H3,(H2,12,13). The summed E-state index contributed by atoms with van der Waals surface area (Å²) in [5.74, 6) is 1.31. The van der Waals surface area contributed by atoms with Gasteiger partial charge in [-0.1, -0.05) is 0 Å². The van der Waals surface area contributed by atoms with Crippen molar-refractivity contribution in [1.29, 1.82) is 0 Å². The number of aromatic nitrogens is 1. The molecule has 4 heteroatoms. The number of fused-ring (bicyclic) bond motifs is 1. The summed E-state index contributed by atoms with van der Waals surface area (Å²) in [5, 5.41) is 2.05. The lowest BCUT2D eigenvalue weighted by molar-refractivity contribution is 0.415. The highest BCUT2D eigenvalue weighted by Gasteiger charge is 2.02. The van der Waals surface area contributed by atoms with Crippen molar-refractivity contribution in [2.75, 3.05) is 12.8 Å². The molecule has 14 heavy (non-hydrogen) atoms. The zero-order valence-electron chi connectivity index (χ0n) is 7.62. The maximum atomic E-state index is 5.63. The van der Waals surface area contributed by atoms with E-state index in [1.807, 2.05) is 24.3 Å². The highest BCUT2D eigenvalue weighted by Crippen LogP contribution is 2.27. The Hall–Kier alpha value is -1.29. The number of pyridine rings is 1. The molecule has 72 valence electrons. The van der Waals surface area contributed by atoms with E-state index in [9.17, 15) is 0 Å². The number of nitrogens with zero attached hydrogens (tertiary/aromatic N) is 1. The van der Waals surface area contributed by atoms with Crippen LogP contribution in [0.15, 0.2) is 28.9 Å². The Morgan fingerprint density at radius 1 is 1.36 bits per heavy atom. The molecule has 2 aromatic rings. The van der Waals surface area contributed by atoms with Crippen LogP contribution in [0.25, 0.3) is 10.8 Å². The Balaban J connectivity index is 2.75. The van der Waals surface area contributed by atoms with Crippen LogP contribution in [0, 0.1) is 0 Å². The summed E-state index contributed by atoms with van der Waals surface area (Å²) in [5.41, 5.74) is 5.63. The number of nitrogens with two attached hydrogens (primary N) is 1. The molecule has 0 aliphatic rings. The van der Waals surface area contributed by atoms with Crippen molar-refractivity contribution in [3.05, 3.63) is 28.9 Å². The summed E-state index contributed by atoms with van der Waals surface area (Å²) in [7, 11) is 1.64. The van der Waals surface area contributed by atoms with Crippen LogP contribution in [0.3, 0.4) is 0 Å². The van der Waals surface area contributed by atoms with E-state index in [1.54, 1.807) is 7.11 Å². The van der Waals surface area contributed by atoms with Crippen molar-refractivity contribution in [2.45, 2.75) is 0 Å². The van der Waals surface area contributed by atoms with Gasteiger partial charge < -0.3 is 10.5 Å². The van der Waals surface area contributed by atoms with Crippen molar-refractivity contribution >= 4 is 32.5 Å². The van der Waals surface area contributed by atoms with Gasteiger partial charge >= 0.3 is 0 Å². The van der Waals surface area contributed by atoms with Gasteiger partial charge in [-0.15, -0.1) is 0 Å². The monoisotopic (exact) mass is 252 g/mol. The van der Waals surface area contributed by atoms with E-state index in [1.165, 1.54) is 0 Å². The van der Waals surface area contributed by atoms with E-state index in [0.29, 0.717) is 5.82 Å². The Kier molecular flexibility index (Phi) is 2.29. The van der Waals surface area contributed by atoms with Crippen LogP contribution < -0.4 is 10.5 Å². The average molecular weight is 253 g/mol. The van der Waals surface area contributed by atoms with Crippen LogP contribution in [0.1, 0.15) is 0 Å². The molecule has 0 saturated heterocycles. The predicted molar refractivity (Wildman–Crippen MR) is 60.4 cm³/mol. The van der Waals surface area contributed by atoms with Crippen LogP contribution in [0.2, 0.25) is 0 Å². The molecule has 0 amide bonds. The number of halogens is 1. The number of rotatable bonds is 1. The first-order chi connectivity index (χ1) is 6.70. The minimum atomic E-state index is 0.498. The second-order valence-electron chi connectivity index (χ2n) is 2.92. The van der Waals surface area contributed by atoms with E-state index in [0.717, 1.165) is 21.1 Å². The fourth-order valence-corrected chi connectivity index (χ4v) is 1.91. The first-order valence-electron chi connectivity index (χ1n) is 4.10. The van der Waals surface area contributed by atoms with Gasteiger partial charge in [0.2, 0.25) is 0 Å². The summed E-state index contributed by atoms with van der Waals surface area (Å²) in [4.78, 5) is 4.11. The van der Waals surface area contributed by atoms with Crippen molar-refractivity contribution in [3.63, 3.8) is 0 Å². The number of hydrogen-bond donors (Lipinski definition) is 1. The zero-order chi connectivity index (χ0) is 10.1. The van der Waals surface area contributed by atoms with Crippen LogP contribution >= 0.6 is 15.9 Å². The van der Waals surface area contributed by atoms with E-state index < -0.39 is 0 Å². The molecule has 0 aliphatic carbocycles. The number of methoxy groups -OCH3 is 1. The third kappa shape index (κ3) is 1.53. The van der Waals surface area contributed by atoms with Crippen LogP contribution in [0.5, 0.6) is 5.75 Å². The highest BCUT2D eigenvalue weighted by atomic mass is 79.9. The van der Waals surface area contributed by atoms with E-state index in [2.05, 4.69) is 20.9 Å². The van der Waals surface area contributed by atoms with Gasteiger partial charge in [-0.3, -0.25) is 0 Å². The number of anilines is 1. The largest absolute Gasteiger partial charge is 0.497 e. The topological polar surface area (TPSA) is 48.1 Å². The van der Waals surface area contributed by atoms with E-state index in [-0.39, 0.29) is 0 Å². The summed E-state index contributed by atoms with van der Waals surface area (Å²) in [6.45, 7) is 0. The van der Waals surface area contributed by atoms with Crippen molar-refractivity contribution in [1.82, 2.24) is 4.98 Å². The Bertz CT molecular complexity index is 485. The van der Waals surface area contributed by atoms with Gasteiger partial charge in [-0.25, -0.2) is 4.98 Å². The normalized spacial score (nSPS) is 10.4. The zero-order valence-corrected chi connectivity index (χ0v) is 9.21. The molecule has 0 spiro atoms. The number of hydrogen-bond acceptors (Lipinski definition) is 3. The second-order valence-corrected chi connectivity index (χ2v) is 3.68. The molecule has 2 N–H and O–H groups in total. The van der Waals surface area contributed by atoms with Crippen molar-refractivity contribution in [2.24, 2.45) is 0 Å². The van der Waals surface area contributed by atoms with E-state index >= 15 is 0 Å². The van der Waals surface area contributed by atoms with Crippen LogP contribution in [-0.4, -0.2) is 12.1 Å². The summed E-state index contributed by atoms with van der Waals surface area (Å²) < 4.78 is 5.88.